The zero-order valence-electron chi connectivity index (χ0n) is 16.8. The van der Waals surface area contributed by atoms with Crippen LogP contribution in [0.2, 0.25) is 0 Å². The number of hydrogen-bond acceptors (Lipinski definition) is 4. The average molecular weight is 378 g/mol. The van der Waals surface area contributed by atoms with Gasteiger partial charge in [0.25, 0.3) is 0 Å². The third-order valence-electron chi connectivity index (χ3n) is 5.95. The third kappa shape index (κ3) is 3.53. The van der Waals surface area contributed by atoms with Crippen molar-refractivity contribution in [3.05, 3.63) is 79.0 Å². The van der Waals surface area contributed by atoms with Gasteiger partial charge in [0.05, 0.1) is 0 Å². The minimum Gasteiger partial charge on any atom is -0.371 e. The first kappa shape index (κ1) is 18.7. The number of fused-ring (bicyclic) bond motifs is 1. The van der Waals surface area contributed by atoms with Gasteiger partial charge in [-0.15, -0.1) is 0 Å². The Kier molecular flexibility index (Phi) is 5.42. The molecular formula is C23H31N5. The molecule has 1 aromatic rings. The van der Waals surface area contributed by atoms with E-state index < -0.39 is 0 Å². The summed E-state index contributed by atoms with van der Waals surface area (Å²) in [5, 5.41) is 3.45. The van der Waals surface area contributed by atoms with E-state index in [4.69, 9.17) is 4.98 Å². The number of hydrogen-bond donors (Lipinski definition) is 1. The van der Waals surface area contributed by atoms with Crippen LogP contribution in [0.25, 0.3) is 0 Å². The lowest BCUT2D eigenvalue weighted by Crippen LogP contribution is -2.44. The summed E-state index contributed by atoms with van der Waals surface area (Å²) in [7, 11) is 0. The zero-order valence-corrected chi connectivity index (χ0v) is 16.8. The lowest BCUT2D eigenvalue weighted by molar-refractivity contribution is 0.251. The number of aryl methyl sites for hydroxylation is 1. The summed E-state index contributed by atoms with van der Waals surface area (Å²) in [6, 6.07) is 0. The molecule has 3 aliphatic heterocycles. The molecule has 0 aliphatic carbocycles. The maximum atomic E-state index is 4.71. The fraction of sp³-hybridized carbons (Fsp3) is 0.435. The molecule has 0 radical (unpaired) electrons. The van der Waals surface area contributed by atoms with Crippen molar-refractivity contribution >= 4 is 0 Å². The number of nitrogens with one attached hydrogen (secondary N) is 1. The first-order valence-electron chi connectivity index (χ1n) is 10.4. The summed E-state index contributed by atoms with van der Waals surface area (Å²) < 4.78 is 2.34. The Bertz CT molecular complexity index is 828. The van der Waals surface area contributed by atoms with Crippen molar-refractivity contribution in [2.24, 2.45) is 0 Å². The molecule has 1 aromatic heterocycles. The van der Waals surface area contributed by atoms with E-state index >= 15 is 0 Å². The lowest BCUT2D eigenvalue weighted by Gasteiger charge is -2.41. The van der Waals surface area contributed by atoms with Crippen molar-refractivity contribution in [2.45, 2.75) is 51.2 Å². The fourth-order valence-electron chi connectivity index (χ4n) is 4.33. The number of rotatable bonds is 6. The number of piperidine rings is 1. The van der Waals surface area contributed by atoms with Gasteiger partial charge in [0.2, 0.25) is 0 Å². The van der Waals surface area contributed by atoms with E-state index in [1.54, 1.807) is 0 Å². The molecule has 0 spiro atoms. The van der Waals surface area contributed by atoms with E-state index in [1.807, 2.05) is 12.3 Å². The van der Waals surface area contributed by atoms with Crippen LogP contribution in [0.5, 0.6) is 0 Å². The minimum absolute atomic E-state index is 0.147. The Morgan fingerprint density at radius 1 is 1.36 bits per heavy atom. The standard InChI is InChI=1S/C23H31N5/c1-4-5-12-26-15-11-24-23(26)20-9-8-13-27(17-20)18(2)21-16-25-22-10-6-7-14-28(22)19(21)3/h6-7,10-11,14-16,20,22,25H,2-5,8-9,12-13,17H2,1H3. The molecule has 1 fully saturated rings. The molecule has 0 bridgehead atoms. The smallest absolute Gasteiger partial charge is 0.122 e. The van der Waals surface area contributed by atoms with Gasteiger partial charge in [-0.05, 0) is 31.4 Å². The molecule has 1 saturated heterocycles. The Labute approximate surface area is 168 Å². The first-order chi connectivity index (χ1) is 13.7. The second-order valence-corrected chi connectivity index (χ2v) is 7.81. The van der Waals surface area contributed by atoms with Crippen LogP contribution in [0.4, 0.5) is 0 Å². The zero-order chi connectivity index (χ0) is 19.5. The highest BCUT2D eigenvalue weighted by Crippen LogP contribution is 2.33. The largest absolute Gasteiger partial charge is 0.371 e. The molecule has 0 aromatic carbocycles. The SMILES string of the molecule is C=C(C1=CNC2C=CC=CN2C1=C)N1CCCC(c2nccn2CCCC)C1. The van der Waals surface area contributed by atoms with Gasteiger partial charge >= 0.3 is 0 Å². The van der Waals surface area contributed by atoms with Crippen LogP contribution in [0.1, 0.15) is 44.3 Å². The molecule has 0 amide bonds. The predicted octanol–water partition coefficient (Wildman–Crippen LogP) is 4.09. The third-order valence-corrected chi connectivity index (χ3v) is 5.95. The molecule has 2 unspecified atom stereocenters. The van der Waals surface area contributed by atoms with Gasteiger partial charge < -0.3 is 19.7 Å². The highest BCUT2D eigenvalue weighted by Gasteiger charge is 2.30. The van der Waals surface area contributed by atoms with Gasteiger partial charge in [-0.3, -0.25) is 0 Å². The van der Waals surface area contributed by atoms with E-state index in [9.17, 15) is 0 Å². The van der Waals surface area contributed by atoms with Crippen molar-refractivity contribution in [3.63, 3.8) is 0 Å². The monoisotopic (exact) mass is 377 g/mol. The van der Waals surface area contributed by atoms with E-state index in [1.165, 1.54) is 25.1 Å². The van der Waals surface area contributed by atoms with Crippen LogP contribution < -0.4 is 5.32 Å². The van der Waals surface area contributed by atoms with E-state index in [0.29, 0.717) is 5.92 Å². The Balaban J connectivity index is 1.48. The molecule has 4 rings (SSSR count). The molecule has 1 N–H and O–H groups in total. The number of imidazole rings is 1. The van der Waals surface area contributed by atoms with Crippen molar-refractivity contribution in [1.82, 2.24) is 24.7 Å². The van der Waals surface area contributed by atoms with Crippen molar-refractivity contribution in [1.29, 1.82) is 0 Å². The number of allylic oxidation sites excluding steroid dienone is 2. The molecular weight excluding hydrogens is 346 g/mol. The molecule has 148 valence electrons. The van der Waals surface area contributed by atoms with Crippen molar-refractivity contribution in [3.8, 4) is 0 Å². The summed E-state index contributed by atoms with van der Waals surface area (Å²) in [6.45, 7) is 14.1. The van der Waals surface area contributed by atoms with Crippen LogP contribution in [0, 0.1) is 0 Å². The summed E-state index contributed by atoms with van der Waals surface area (Å²) in [4.78, 5) is 9.28. The average Bonchev–Trinajstić information content (AvgIpc) is 3.21. The van der Waals surface area contributed by atoms with Crippen LogP contribution in [-0.2, 0) is 6.54 Å². The van der Waals surface area contributed by atoms with Gasteiger partial charge in [0.15, 0.2) is 0 Å². The highest BCUT2D eigenvalue weighted by molar-refractivity contribution is 5.46. The minimum atomic E-state index is 0.147. The van der Waals surface area contributed by atoms with E-state index in [0.717, 1.165) is 43.0 Å². The molecule has 5 nitrogen and oxygen atoms in total. The van der Waals surface area contributed by atoms with Gasteiger partial charge in [0, 0.05) is 67.3 Å². The summed E-state index contributed by atoms with van der Waals surface area (Å²) in [5.74, 6) is 1.68. The van der Waals surface area contributed by atoms with Gasteiger partial charge in [0.1, 0.15) is 12.0 Å². The summed E-state index contributed by atoms with van der Waals surface area (Å²) >= 11 is 0. The van der Waals surface area contributed by atoms with Crippen LogP contribution in [0.15, 0.2) is 73.1 Å². The highest BCUT2D eigenvalue weighted by atomic mass is 15.3. The molecule has 0 saturated carbocycles. The second kappa shape index (κ2) is 8.13. The molecule has 4 heterocycles. The van der Waals surface area contributed by atoms with Crippen LogP contribution in [-0.4, -0.2) is 38.6 Å². The molecule has 3 aliphatic rings. The predicted molar refractivity (Wildman–Crippen MR) is 114 cm³/mol. The second-order valence-electron chi connectivity index (χ2n) is 7.81. The maximum Gasteiger partial charge on any atom is 0.122 e. The van der Waals surface area contributed by atoms with Crippen molar-refractivity contribution < 1.29 is 0 Å². The number of unbranched alkanes of at least 4 members (excludes halogenated alkanes) is 1. The molecule has 2 atom stereocenters. The fourth-order valence-corrected chi connectivity index (χ4v) is 4.33. The Morgan fingerprint density at radius 2 is 2.25 bits per heavy atom. The molecule has 28 heavy (non-hydrogen) atoms. The topological polar surface area (TPSA) is 36.3 Å². The van der Waals surface area contributed by atoms with E-state index in [2.05, 4.69) is 70.5 Å². The number of nitrogens with zero attached hydrogens (tertiary/aromatic N) is 4. The number of aromatic nitrogens is 2. The van der Waals surface area contributed by atoms with Gasteiger partial charge in [-0.25, -0.2) is 4.98 Å². The summed E-state index contributed by atoms with van der Waals surface area (Å²) in [5.41, 5.74) is 3.14. The van der Waals surface area contributed by atoms with Crippen molar-refractivity contribution in [2.75, 3.05) is 13.1 Å². The molecule has 5 heteroatoms. The first-order valence-corrected chi connectivity index (χ1v) is 10.4. The number of likely N-dealkylation sites (tertiary alicyclic amines) is 1. The van der Waals surface area contributed by atoms with Crippen LogP contribution in [0.3, 0.4) is 0 Å². The van der Waals surface area contributed by atoms with Gasteiger partial charge in [-0.1, -0.05) is 32.6 Å². The van der Waals surface area contributed by atoms with Crippen LogP contribution >= 0.6 is 0 Å². The normalized spacial score (nSPS) is 24.0. The summed E-state index contributed by atoms with van der Waals surface area (Å²) in [6.07, 6.45) is 19.4. The quantitative estimate of drug-likeness (QED) is 0.810. The van der Waals surface area contributed by atoms with E-state index in [-0.39, 0.29) is 6.17 Å². The lowest BCUT2D eigenvalue weighted by atomic mass is 9.95. The maximum absolute atomic E-state index is 4.71. The Hall–Kier alpha value is -2.69. The van der Waals surface area contributed by atoms with Gasteiger partial charge in [-0.2, -0.15) is 0 Å². The Morgan fingerprint density at radius 3 is 3.11 bits per heavy atom.